The van der Waals surface area contributed by atoms with Crippen molar-refractivity contribution in [2.75, 3.05) is 6.61 Å². The van der Waals surface area contributed by atoms with Gasteiger partial charge in [-0.25, -0.2) is 4.98 Å². The molecule has 28 heavy (non-hydrogen) atoms. The van der Waals surface area contributed by atoms with Crippen molar-refractivity contribution in [3.05, 3.63) is 72.2 Å². The Labute approximate surface area is 166 Å². The molecule has 1 heterocycles. The number of nitrogens with one attached hydrogen (secondary N) is 2. The number of aromatic nitrogens is 2. The Morgan fingerprint density at radius 3 is 2.64 bits per heavy atom. The lowest BCUT2D eigenvalue weighted by Gasteiger charge is -2.15. The molecular weight excluding hydrogens is 350 g/mol. The molecule has 2 aromatic carbocycles. The summed E-state index contributed by atoms with van der Waals surface area (Å²) in [6.45, 7) is 4.58. The maximum absolute atomic E-state index is 12.3. The third kappa shape index (κ3) is 5.22. The molecule has 5 nitrogen and oxygen atoms in total. The van der Waals surface area contributed by atoms with Crippen molar-refractivity contribution in [3.63, 3.8) is 0 Å². The quantitative estimate of drug-likeness (QED) is 0.526. The average Bonchev–Trinajstić information content (AvgIpc) is 3.21. The van der Waals surface area contributed by atoms with Crippen LogP contribution in [0.2, 0.25) is 0 Å². The number of hydrogen-bond acceptors (Lipinski definition) is 3. The van der Waals surface area contributed by atoms with Crippen LogP contribution >= 0.6 is 0 Å². The fourth-order valence-electron chi connectivity index (χ4n) is 3.04. The Balaban J connectivity index is 1.48. The SMILES string of the molecule is CCC(NC(=O)CCCOc1ccccc1C)c1ncc(-c2ccccc2)[nH]1. The Bertz CT molecular complexity index is 890. The number of rotatable bonds is 9. The number of carbonyl (C=O) groups excluding carboxylic acids is 1. The summed E-state index contributed by atoms with van der Waals surface area (Å²) in [4.78, 5) is 20.1. The molecule has 0 spiro atoms. The summed E-state index contributed by atoms with van der Waals surface area (Å²) in [5, 5.41) is 3.07. The highest BCUT2D eigenvalue weighted by molar-refractivity contribution is 5.76. The minimum absolute atomic E-state index is 0.0119. The van der Waals surface area contributed by atoms with Crippen molar-refractivity contribution in [3.8, 4) is 17.0 Å². The van der Waals surface area contributed by atoms with Crippen molar-refractivity contribution in [2.24, 2.45) is 0 Å². The zero-order chi connectivity index (χ0) is 19.8. The van der Waals surface area contributed by atoms with E-state index in [0.717, 1.165) is 34.8 Å². The molecule has 0 aliphatic heterocycles. The maximum atomic E-state index is 12.3. The summed E-state index contributed by atoms with van der Waals surface area (Å²) in [7, 11) is 0. The van der Waals surface area contributed by atoms with E-state index in [1.54, 1.807) is 0 Å². The van der Waals surface area contributed by atoms with Gasteiger partial charge in [0.1, 0.15) is 11.6 Å². The fourth-order valence-corrected chi connectivity index (χ4v) is 3.04. The van der Waals surface area contributed by atoms with E-state index >= 15 is 0 Å². The van der Waals surface area contributed by atoms with E-state index in [4.69, 9.17) is 4.74 Å². The first kappa shape index (κ1) is 19.7. The number of imidazole rings is 1. The molecule has 3 aromatic rings. The Morgan fingerprint density at radius 2 is 1.89 bits per heavy atom. The minimum atomic E-state index is -0.123. The first-order valence-corrected chi connectivity index (χ1v) is 9.75. The van der Waals surface area contributed by atoms with Crippen LogP contribution in [0.5, 0.6) is 5.75 Å². The summed E-state index contributed by atoms with van der Waals surface area (Å²) in [6, 6.07) is 17.8. The van der Waals surface area contributed by atoms with Crippen LogP contribution in [-0.4, -0.2) is 22.5 Å². The van der Waals surface area contributed by atoms with Gasteiger partial charge in [0.25, 0.3) is 0 Å². The fraction of sp³-hybridized carbons (Fsp3) is 0.304. The van der Waals surface area contributed by atoms with Gasteiger partial charge in [-0.2, -0.15) is 0 Å². The maximum Gasteiger partial charge on any atom is 0.220 e. The van der Waals surface area contributed by atoms with Gasteiger partial charge in [-0.15, -0.1) is 0 Å². The van der Waals surface area contributed by atoms with Gasteiger partial charge in [0.05, 0.1) is 24.5 Å². The molecule has 0 bridgehead atoms. The minimum Gasteiger partial charge on any atom is -0.493 e. The third-order valence-electron chi connectivity index (χ3n) is 4.65. The monoisotopic (exact) mass is 377 g/mol. The molecule has 1 aromatic heterocycles. The number of benzene rings is 2. The van der Waals surface area contributed by atoms with Crippen molar-refractivity contribution in [1.29, 1.82) is 0 Å². The normalized spacial score (nSPS) is 11.8. The number of aryl methyl sites for hydroxylation is 1. The number of amides is 1. The smallest absolute Gasteiger partial charge is 0.220 e. The van der Waals surface area contributed by atoms with Gasteiger partial charge in [-0.1, -0.05) is 55.5 Å². The van der Waals surface area contributed by atoms with Gasteiger partial charge >= 0.3 is 0 Å². The number of ether oxygens (including phenoxy) is 1. The highest BCUT2D eigenvalue weighted by Gasteiger charge is 2.16. The second-order valence-electron chi connectivity index (χ2n) is 6.79. The number of carbonyl (C=O) groups is 1. The molecule has 0 aliphatic carbocycles. The van der Waals surface area contributed by atoms with Crippen LogP contribution in [0.4, 0.5) is 0 Å². The van der Waals surface area contributed by atoms with Crippen LogP contribution in [0.3, 0.4) is 0 Å². The topological polar surface area (TPSA) is 67.0 Å². The van der Waals surface area contributed by atoms with Crippen molar-refractivity contribution >= 4 is 5.91 Å². The largest absolute Gasteiger partial charge is 0.493 e. The molecule has 2 N–H and O–H groups in total. The summed E-state index contributed by atoms with van der Waals surface area (Å²) in [5.41, 5.74) is 3.13. The van der Waals surface area contributed by atoms with Crippen LogP contribution < -0.4 is 10.1 Å². The Kier molecular flexibility index (Phi) is 6.84. The lowest BCUT2D eigenvalue weighted by molar-refractivity contribution is -0.122. The summed E-state index contributed by atoms with van der Waals surface area (Å²) >= 11 is 0. The van der Waals surface area contributed by atoms with Crippen LogP contribution in [0, 0.1) is 6.92 Å². The predicted octanol–water partition coefficient (Wildman–Crippen LogP) is 4.81. The molecule has 0 saturated heterocycles. The van der Waals surface area contributed by atoms with Crippen LogP contribution in [0.1, 0.15) is 43.6 Å². The lowest BCUT2D eigenvalue weighted by Crippen LogP contribution is -2.29. The zero-order valence-corrected chi connectivity index (χ0v) is 16.4. The highest BCUT2D eigenvalue weighted by Crippen LogP contribution is 2.21. The molecule has 0 aliphatic rings. The van der Waals surface area contributed by atoms with Crippen LogP contribution in [0.25, 0.3) is 11.3 Å². The molecule has 1 amide bonds. The third-order valence-corrected chi connectivity index (χ3v) is 4.65. The zero-order valence-electron chi connectivity index (χ0n) is 16.4. The summed E-state index contributed by atoms with van der Waals surface area (Å²) in [6.07, 6.45) is 3.68. The van der Waals surface area contributed by atoms with E-state index in [2.05, 4.69) is 15.3 Å². The highest BCUT2D eigenvalue weighted by atomic mass is 16.5. The number of para-hydroxylation sites is 1. The van der Waals surface area contributed by atoms with E-state index < -0.39 is 0 Å². The number of nitrogens with zero attached hydrogens (tertiary/aromatic N) is 1. The first-order valence-electron chi connectivity index (χ1n) is 9.75. The molecule has 5 heteroatoms. The number of aromatic amines is 1. The van der Waals surface area contributed by atoms with Gasteiger partial charge in [-0.05, 0) is 37.0 Å². The molecule has 0 saturated carbocycles. The van der Waals surface area contributed by atoms with Crippen molar-refractivity contribution in [1.82, 2.24) is 15.3 Å². The van der Waals surface area contributed by atoms with E-state index in [0.29, 0.717) is 19.4 Å². The second-order valence-corrected chi connectivity index (χ2v) is 6.79. The van der Waals surface area contributed by atoms with E-state index in [1.807, 2.05) is 74.6 Å². The van der Waals surface area contributed by atoms with Gasteiger partial charge in [-0.3, -0.25) is 4.79 Å². The molecule has 0 fully saturated rings. The van der Waals surface area contributed by atoms with Crippen LogP contribution in [-0.2, 0) is 4.79 Å². The van der Waals surface area contributed by atoms with E-state index in [1.165, 1.54) is 0 Å². The average molecular weight is 377 g/mol. The molecular formula is C23H27N3O2. The molecule has 1 atom stereocenters. The van der Waals surface area contributed by atoms with Gasteiger partial charge in [0.2, 0.25) is 5.91 Å². The second kappa shape index (κ2) is 9.74. The Hall–Kier alpha value is -3.08. The van der Waals surface area contributed by atoms with Gasteiger partial charge in [0, 0.05) is 6.42 Å². The number of hydrogen-bond donors (Lipinski definition) is 2. The standard InChI is InChI=1S/C23H27N3O2/c1-3-19(23-24-16-20(26-23)18-11-5-4-6-12-18)25-22(27)14-9-15-28-21-13-8-7-10-17(21)2/h4-8,10-13,16,19H,3,9,14-15H2,1-2H3,(H,24,26)(H,25,27). The van der Waals surface area contributed by atoms with Gasteiger partial charge in [0.15, 0.2) is 0 Å². The van der Waals surface area contributed by atoms with Crippen LogP contribution in [0.15, 0.2) is 60.8 Å². The van der Waals surface area contributed by atoms with E-state index in [9.17, 15) is 4.79 Å². The van der Waals surface area contributed by atoms with Crippen molar-refractivity contribution in [2.45, 2.75) is 39.2 Å². The number of H-pyrrole nitrogens is 1. The molecule has 0 radical (unpaired) electrons. The first-order chi connectivity index (χ1) is 13.7. The van der Waals surface area contributed by atoms with Gasteiger partial charge < -0.3 is 15.0 Å². The summed E-state index contributed by atoms with van der Waals surface area (Å²) < 4.78 is 5.76. The molecule has 3 rings (SSSR count). The Morgan fingerprint density at radius 1 is 1.14 bits per heavy atom. The van der Waals surface area contributed by atoms with E-state index in [-0.39, 0.29) is 11.9 Å². The lowest BCUT2D eigenvalue weighted by atomic mass is 10.2. The predicted molar refractivity (Wildman–Crippen MR) is 111 cm³/mol. The molecule has 146 valence electrons. The molecule has 1 unspecified atom stereocenters. The van der Waals surface area contributed by atoms with Crippen molar-refractivity contribution < 1.29 is 9.53 Å². The summed E-state index contributed by atoms with van der Waals surface area (Å²) in [5.74, 6) is 1.67.